The van der Waals surface area contributed by atoms with Crippen LogP contribution in [-0.4, -0.2) is 31.3 Å². The molecule has 0 spiro atoms. The van der Waals surface area contributed by atoms with Crippen molar-refractivity contribution >= 4 is 28.9 Å². The minimum absolute atomic E-state index is 0.158. The zero-order chi connectivity index (χ0) is 17.2. The van der Waals surface area contributed by atoms with Gasteiger partial charge in [0.15, 0.2) is 16.8 Å². The first-order valence-electron chi connectivity index (χ1n) is 8.36. The third-order valence-electron chi connectivity index (χ3n) is 4.13. The highest BCUT2D eigenvalue weighted by Crippen LogP contribution is 2.41. The molecule has 0 unspecified atom stereocenters. The van der Waals surface area contributed by atoms with Gasteiger partial charge in [-0.05, 0) is 43.5 Å². The average Bonchev–Trinajstić information content (AvgIpc) is 3.22. The summed E-state index contributed by atoms with van der Waals surface area (Å²) in [4.78, 5) is 18.6. The van der Waals surface area contributed by atoms with Gasteiger partial charge in [-0.15, -0.1) is 21.5 Å². The number of nitrogens with zero attached hydrogens (tertiary/aromatic N) is 4. The van der Waals surface area contributed by atoms with E-state index in [-0.39, 0.29) is 5.78 Å². The van der Waals surface area contributed by atoms with Crippen LogP contribution in [0.25, 0.3) is 11.4 Å². The van der Waals surface area contributed by atoms with Crippen LogP contribution < -0.4 is 0 Å². The second kappa shape index (κ2) is 7.09. The summed E-state index contributed by atoms with van der Waals surface area (Å²) in [6, 6.07) is 8.31. The van der Waals surface area contributed by atoms with Crippen molar-refractivity contribution < 1.29 is 4.79 Å². The quantitative estimate of drug-likeness (QED) is 0.459. The molecule has 1 aliphatic carbocycles. The number of pyridine rings is 1. The number of hydrogen-bond acceptors (Lipinski definition) is 6. The van der Waals surface area contributed by atoms with Gasteiger partial charge >= 0.3 is 0 Å². The summed E-state index contributed by atoms with van der Waals surface area (Å²) in [5.74, 6) is 1.42. The van der Waals surface area contributed by atoms with Crippen molar-refractivity contribution in [1.82, 2.24) is 19.7 Å². The highest BCUT2D eigenvalue weighted by Gasteiger charge is 2.30. The van der Waals surface area contributed by atoms with Crippen LogP contribution in [0.5, 0.6) is 0 Å². The van der Waals surface area contributed by atoms with Crippen molar-refractivity contribution in [2.45, 2.75) is 37.4 Å². The molecule has 3 heterocycles. The van der Waals surface area contributed by atoms with E-state index in [0.29, 0.717) is 11.8 Å². The van der Waals surface area contributed by atoms with Crippen molar-refractivity contribution in [2.24, 2.45) is 0 Å². The van der Waals surface area contributed by atoms with E-state index in [9.17, 15) is 4.79 Å². The zero-order valence-electron chi connectivity index (χ0n) is 13.9. The van der Waals surface area contributed by atoms with Crippen LogP contribution in [0.15, 0.2) is 41.8 Å². The summed E-state index contributed by atoms with van der Waals surface area (Å²) in [5, 5.41) is 9.55. The van der Waals surface area contributed by atoms with Gasteiger partial charge in [0.1, 0.15) is 0 Å². The van der Waals surface area contributed by atoms with Gasteiger partial charge in [0.2, 0.25) is 0 Å². The Morgan fingerprint density at radius 2 is 2.04 bits per heavy atom. The Kier molecular flexibility index (Phi) is 4.67. The number of thiophene rings is 1. The lowest BCUT2D eigenvalue weighted by Crippen LogP contribution is -2.04. The topological polar surface area (TPSA) is 60.7 Å². The Hall–Kier alpha value is -1.99. The maximum absolute atomic E-state index is 12.4. The number of Topliss-reactive ketones (excluding diaryl/α,β-unsaturated/α-hetero) is 1. The second-order valence-corrected chi connectivity index (χ2v) is 8.09. The number of hydrogen-bond donors (Lipinski definition) is 0. The first-order valence-corrected chi connectivity index (χ1v) is 10.2. The molecule has 1 fully saturated rings. The standard InChI is InChI=1S/C18H18N4OS2/c1-2-14-5-6-16(25-14)15(23)11-24-18-21-20-17(22(18)13-3-4-13)12-7-9-19-10-8-12/h5-10,13H,2-4,11H2,1H3. The van der Waals surface area contributed by atoms with Crippen molar-refractivity contribution in [2.75, 3.05) is 5.75 Å². The van der Waals surface area contributed by atoms with Gasteiger partial charge in [0.25, 0.3) is 0 Å². The first-order chi connectivity index (χ1) is 12.3. The fourth-order valence-corrected chi connectivity index (χ4v) is 4.52. The monoisotopic (exact) mass is 370 g/mol. The molecule has 7 heteroatoms. The molecule has 3 aromatic heterocycles. The van der Waals surface area contributed by atoms with Gasteiger partial charge in [-0.1, -0.05) is 18.7 Å². The molecule has 0 N–H and O–H groups in total. The maximum atomic E-state index is 12.4. The summed E-state index contributed by atoms with van der Waals surface area (Å²) in [6.07, 6.45) is 6.78. The normalized spacial score (nSPS) is 14.0. The number of thioether (sulfide) groups is 1. The van der Waals surface area contributed by atoms with Crippen LogP contribution in [-0.2, 0) is 6.42 Å². The molecular weight excluding hydrogens is 352 g/mol. The smallest absolute Gasteiger partial charge is 0.192 e. The lowest BCUT2D eigenvalue weighted by atomic mass is 10.2. The van der Waals surface area contributed by atoms with E-state index in [1.807, 2.05) is 24.3 Å². The number of aromatic nitrogens is 4. The largest absolute Gasteiger partial charge is 0.299 e. The Morgan fingerprint density at radius 3 is 2.72 bits per heavy atom. The highest BCUT2D eigenvalue weighted by atomic mass is 32.2. The van der Waals surface area contributed by atoms with Crippen molar-refractivity contribution in [3.05, 3.63) is 46.4 Å². The lowest BCUT2D eigenvalue weighted by Gasteiger charge is -2.08. The number of carbonyl (C=O) groups excluding carboxylic acids is 1. The molecule has 0 amide bonds. The van der Waals surface area contributed by atoms with Crippen LogP contribution in [0, 0.1) is 0 Å². The summed E-state index contributed by atoms with van der Waals surface area (Å²) >= 11 is 3.07. The van der Waals surface area contributed by atoms with Crippen molar-refractivity contribution in [3.63, 3.8) is 0 Å². The van der Waals surface area contributed by atoms with E-state index in [1.165, 1.54) is 16.6 Å². The van der Waals surface area contributed by atoms with Crippen LogP contribution in [0.4, 0.5) is 0 Å². The lowest BCUT2D eigenvalue weighted by molar-refractivity contribution is 0.102. The van der Waals surface area contributed by atoms with E-state index < -0.39 is 0 Å². The van der Waals surface area contributed by atoms with E-state index in [0.717, 1.165) is 40.7 Å². The minimum atomic E-state index is 0.158. The molecule has 0 aliphatic heterocycles. The van der Waals surface area contributed by atoms with Crippen LogP contribution in [0.2, 0.25) is 0 Å². The third-order valence-corrected chi connectivity index (χ3v) is 6.35. The molecule has 128 valence electrons. The Bertz CT molecular complexity index is 884. The van der Waals surface area contributed by atoms with Gasteiger partial charge in [-0.3, -0.25) is 14.3 Å². The molecule has 1 aliphatic rings. The molecule has 0 aromatic carbocycles. The molecule has 3 aromatic rings. The van der Waals surface area contributed by atoms with Gasteiger partial charge in [-0.25, -0.2) is 0 Å². The number of ketones is 1. The van der Waals surface area contributed by atoms with Gasteiger partial charge in [-0.2, -0.15) is 0 Å². The fraction of sp³-hybridized carbons (Fsp3) is 0.333. The van der Waals surface area contributed by atoms with Crippen LogP contribution in [0.1, 0.15) is 40.4 Å². The molecular formula is C18H18N4OS2. The molecule has 0 atom stereocenters. The molecule has 1 saturated carbocycles. The summed E-state index contributed by atoms with van der Waals surface area (Å²) in [7, 11) is 0. The Balaban J connectivity index is 1.53. The number of aryl methyl sites for hydroxylation is 1. The molecule has 5 nitrogen and oxygen atoms in total. The highest BCUT2D eigenvalue weighted by molar-refractivity contribution is 7.99. The summed E-state index contributed by atoms with van der Waals surface area (Å²) < 4.78 is 2.18. The maximum Gasteiger partial charge on any atom is 0.192 e. The molecule has 0 bridgehead atoms. The average molecular weight is 371 g/mol. The summed E-state index contributed by atoms with van der Waals surface area (Å²) in [5.41, 5.74) is 1.01. The van der Waals surface area contributed by atoms with E-state index in [4.69, 9.17) is 0 Å². The Morgan fingerprint density at radius 1 is 1.24 bits per heavy atom. The molecule has 4 rings (SSSR count). The number of carbonyl (C=O) groups is 1. The van der Waals surface area contributed by atoms with Gasteiger partial charge in [0.05, 0.1) is 10.6 Å². The van der Waals surface area contributed by atoms with E-state index >= 15 is 0 Å². The second-order valence-electron chi connectivity index (χ2n) is 5.97. The predicted octanol–water partition coefficient (Wildman–Crippen LogP) is 4.27. The van der Waals surface area contributed by atoms with Gasteiger partial charge in [0, 0.05) is 28.9 Å². The van der Waals surface area contributed by atoms with E-state index in [2.05, 4.69) is 26.7 Å². The molecule has 0 radical (unpaired) electrons. The molecule has 25 heavy (non-hydrogen) atoms. The minimum Gasteiger partial charge on any atom is -0.299 e. The van der Waals surface area contributed by atoms with Crippen LogP contribution >= 0.6 is 23.1 Å². The van der Waals surface area contributed by atoms with Gasteiger partial charge < -0.3 is 0 Å². The predicted molar refractivity (Wildman–Crippen MR) is 100 cm³/mol. The van der Waals surface area contributed by atoms with Crippen LogP contribution in [0.3, 0.4) is 0 Å². The Labute approximate surface area is 154 Å². The molecule has 0 saturated heterocycles. The first kappa shape index (κ1) is 16.5. The zero-order valence-corrected chi connectivity index (χ0v) is 15.5. The SMILES string of the molecule is CCc1ccc(C(=O)CSc2nnc(-c3ccncc3)n2C2CC2)s1. The third kappa shape index (κ3) is 3.52. The number of rotatable bonds is 7. The van der Waals surface area contributed by atoms with E-state index in [1.54, 1.807) is 23.7 Å². The summed E-state index contributed by atoms with van der Waals surface area (Å²) in [6.45, 7) is 2.10. The van der Waals surface area contributed by atoms with Crippen molar-refractivity contribution in [3.8, 4) is 11.4 Å². The van der Waals surface area contributed by atoms with Crippen molar-refractivity contribution in [1.29, 1.82) is 0 Å². The fourth-order valence-electron chi connectivity index (χ4n) is 2.65.